The van der Waals surface area contributed by atoms with E-state index in [9.17, 15) is 13.2 Å². The van der Waals surface area contributed by atoms with Crippen molar-refractivity contribution in [3.8, 4) is 0 Å². The molecule has 0 saturated heterocycles. The van der Waals surface area contributed by atoms with Gasteiger partial charge < -0.3 is 10.1 Å². The lowest BCUT2D eigenvalue weighted by molar-refractivity contribution is -0.120. The molecule has 8 heteroatoms. The summed E-state index contributed by atoms with van der Waals surface area (Å²) in [7, 11) is -2.00. The number of nitrogens with zero attached hydrogens (tertiary/aromatic N) is 1. The fraction of sp³-hybridized carbons (Fsp3) is 0.462. The van der Waals surface area contributed by atoms with E-state index in [1.54, 1.807) is 31.2 Å². The maximum atomic E-state index is 12.0. The van der Waals surface area contributed by atoms with Gasteiger partial charge in [-0.05, 0) is 53.8 Å². The fourth-order valence-electron chi connectivity index (χ4n) is 1.75. The highest BCUT2D eigenvalue weighted by atomic mass is 127. The van der Waals surface area contributed by atoms with Gasteiger partial charge in [0.2, 0.25) is 15.9 Å². The Bertz CT molecular complexity index is 574. The summed E-state index contributed by atoms with van der Waals surface area (Å²) in [6.07, 6.45) is 1.08. The third-order valence-corrected chi connectivity index (χ3v) is 4.49. The summed E-state index contributed by atoms with van der Waals surface area (Å²) in [5.74, 6) is -0.372. The zero-order chi connectivity index (χ0) is 16.0. The molecule has 6 nitrogen and oxygen atoms in total. The number of hydrogen-bond acceptors (Lipinski definition) is 4. The molecular formula is C13H19IN2O4S. The quantitative estimate of drug-likeness (QED) is 0.666. The molecule has 1 atom stereocenters. The van der Waals surface area contributed by atoms with Crippen LogP contribution in [0.4, 0.5) is 5.69 Å². The Morgan fingerprint density at radius 2 is 1.95 bits per heavy atom. The van der Waals surface area contributed by atoms with Crippen LogP contribution in [0.25, 0.3) is 0 Å². The number of hydrogen-bond donors (Lipinski definition) is 1. The van der Waals surface area contributed by atoms with E-state index in [-0.39, 0.29) is 18.5 Å². The summed E-state index contributed by atoms with van der Waals surface area (Å²) < 4.78 is 30.8. The van der Waals surface area contributed by atoms with Gasteiger partial charge in [0.25, 0.3) is 0 Å². The molecule has 0 bridgehead atoms. The van der Waals surface area contributed by atoms with Crippen molar-refractivity contribution in [2.75, 3.05) is 30.8 Å². The minimum Gasteiger partial charge on any atom is -0.383 e. The number of amides is 1. The minimum atomic E-state index is -3.54. The van der Waals surface area contributed by atoms with E-state index in [1.807, 2.05) is 0 Å². The second-order valence-corrected chi connectivity index (χ2v) is 7.82. The number of benzene rings is 1. The number of carbonyl (C=O) groups is 1. The number of sulfonamides is 1. The van der Waals surface area contributed by atoms with Crippen molar-refractivity contribution in [3.05, 3.63) is 27.8 Å². The van der Waals surface area contributed by atoms with Crippen LogP contribution in [-0.2, 0) is 19.6 Å². The Morgan fingerprint density at radius 1 is 1.38 bits per heavy atom. The van der Waals surface area contributed by atoms with Gasteiger partial charge in [-0.25, -0.2) is 8.42 Å². The summed E-state index contributed by atoms with van der Waals surface area (Å²) in [4.78, 5) is 12.0. The van der Waals surface area contributed by atoms with Crippen LogP contribution in [0.1, 0.15) is 6.92 Å². The molecule has 0 aromatic heterocycles. The number of halogens is 1. The molecular weight excluding hydrogens is 407 g/mol. The van der Waals surface area contributed by atoms with Crippen molar-refractivity contribution in [1.82, 2.24) is 5.32 Å². The number of methoxy groups -OCH3 is 1. The summed E-state index contributed by atoms with van der Waals surface area (Å²) in [6.45, 7) is 1.90. The van der Waals surface area contributed by atoms with E-state index in [2.05, 4.69) is 27.9 Å². The second-order valence-electron chi connectivity index (χ2n) is 4.67. The Hall–Kier alpha value is -0.870. The largest absolute Gasteiger partial charge is 0.383 e. The first-order chi connectivity index (χ1) is 9.74. The first-order valence-corrected chi connectivity index (χ1v) is 9.18. The van der Waals surface area contributed by atoms with E-state index in [4.69, 9.17) is 4.74 Å². The Labute approximate surface area is 139 Å². The van der Waals surface area contributed by atoms with Crippen LogP contribution in [0, 0.1) is 3.57 Å². The first-order valence-electron chi connectivity index (χ1n) is 6.25. The minimum absolute atomic E-state index is 0.180. The normalized spacial score (nSPS) is 12.8. The van der Waals surface area contributed by atoms with Crippen molar-refractivity contribution in [2.24, 2.45) is 0 Å². The number of ether oxygens (including phenoxy) is 1. The first kappa shape index (κ1) is 18.2. The predicted octanol–water partition coefficient (Wildman–Crippen LogP) is 1.21. The molecule has 0 heterocycles. The van der Waals surface area contributed by atoms with Gasteiger partial charge in [-0.15, -0.1) is 0 Å². The number of rotatable bonds is 7. The molecule has 118 valence electrons. The van der Waals surface area contributed by atoms with Crippen LogP contribution in [0.2, 0.25) is 0 Å². The molecule has 1 N–H and O–H groups in total. The highest BCUT2D eigenvalue weighted by molar-refractivity contribution is 14.1. The Kier molecular flexibility index (Phi) is 6.88. The highest BCUT2D eigenvalue weighted by Crippen LogP contribution is 2.18. The molecule has 0 radical (unpaired) electrons. The molecule has 1 aromatic carbocycles. The van der Waals surface area contributed by atoms with Crippen LogP contribution < -0.4 is 9.62 Å². The van der Waals surface area contributed by atoms with Crippen molar-refractivity contribution in [3.63, 3.8) is 0 Å². The molecule has 21 heavy (non-hydrogen) atoms. The third kappa shape index (κ3) is 6.18. The molecule has 1 amide bonds. The zero-order valence-corrected chi connectivity index (χ0v) is 15.1. The molecule has 0 unspecified atom stereocenters. The Balaban J connectivity index is 2.86. The molecule has 0 saturated carbocycles. The van der Waals surface area contributed by atoms with Gasteiger partial charge in [0.15, 0.2) is 0 Å². The van der Waals surface area contributed by atoms with Crippen molar-refractivity contribution in [2.45, 2.75) is 13.0 Å². The number of anilines is 1. The second kappa shape index (κ2) is 7.95. The van der Waals surface area contributed by atoms with Crippen LogP contribution in [0.5, 0.6) is 0 Å². The average molecular weight is 426 g/mol. The van der Waals surface area contributed by atoms with Gasteiger partial charge in [-0.3, -0.25) is 9.10 Å². The molecule has 0 aliphatic heterocycles. The van der Waals surface area contributed by atoms with E-state index in [0.29, 0.717) is 12.3 Å². The topological polar surface area (TPSA) is 75.7 Å². The van der Waals surface area contributed by atoms with Crippen LogP contribution in [-0.4, -0.2) is 46.9 Å². The monoisotopic (exact) mass is 426 g/mol. The summed E-state index contributed by atoms with van der Waals surface area (Å²) in [5.41, 5.74) is 0.465. The van der Waals surface area contributed by atoms with Gasteiger partial charge in [0, 0.05) is 16.7 Å². The number of nitrogens with one attached hydrogen (secondary N) is 1. The molecule has 1 aromatic rings. The lowest BCUT2D eigenvalue weighted by Gasteiger charge is -2.23. The summed E-state index contributed by atoms with van der Waals surface area (Å²) in [6, 6.07) is 6.75. The molecule has 1 rings (SSSR count). The average Bonchev–Trinajstić information content (AvgIpc) is 2.36. The van der Waals surface area contributed by atoms with Gasteiger partial charge in [-0.1, -0.05) is 0 Å². The van der Waals surface area contributed by atoms with E-state index >= 15 is 0 Å². The molecule has 0 aliphatic carbocycles. The molecule has 0 spiro atoms. The van der Waals surface area contributed by atoms with Crippen LogP contribution in [0.3, 0.4) is 0 Å². The number of carbonyl (C=O) groups excluding carboxylic acids is 1. The fourth-order valence-corrected chi connectivity index (χ4v) is 2.97. The van der Waals surface area contributed by atoms with Crippen molar-refractivity contribution in [1.29, 1.82) is 0 Å². The standard InChI is InChI=1S/C13H19IN2O4S/c1-10(9-20-2)15-13(17)8-16(21(3,18)19)12-6-4-11(14)5-7-12/h4-7,10H,8-9H2,1-3H3,(H,15,17)/t10-/m1/s1. The van der Waals surface area contributed by atoms with Crippen molar-refractivity contribution >= 4 is 44.2 Å². The SMILES string of the molecule is COC[C@@H](C)NC(=O)CN(c1ccc(I)cc1)S(C)(=O)=O. The summed E-state index contributed by atoms with van der Waals surface area (Å²) in [5, 5.41) is 2.69. The molecule has 0 fully saturated rings. The van der Waals surface area contributed by atoms with Gasteiger partial charge in [0.05, 0.1) is 18.6 Å². The van der Waals surface area contributed by atoms with E-state index < -0.39 is 10.0 Å². The highest BCUT2D eigenvalue weighted by Gasteiger charge is 2.21. The van der Waals surface area contributed by atoms with Crippen LogP contribution in [0.15, 0.2) is 24.3 Å². The Morgan fingerprint density at radius 3 is 2.43 bits per heavy atom. The van der Waals surface area contributed by atoms with E-state index in [0.717, 1.165) is 14.1 Å². The summed E-state index contributed by atoms with van der Waals surface area (Å²) >= 11 is 2.13. The molecule has 0 aliphatic rings. The maximum Gasteiger partial charge on any atom is 0.241 e. The van der Waals surface area contributed by atoms with Gasteiger partial charge >= 0.3 is 0 Å². The van der Waals surface area contributed by atoms with E-state index in [1.165, 1.54) is 7.11 Å². The van der Waals surface area contributed by atoms with Crippen molar-refractivity contribution < 1.29 is 17.9 Å². The maximum absolute atomic E-state index is 12.0. The van der Waals surface area contributed by atoms with Crippen LogP contribution >= 0.6 is 22.6 Å². The third-order valence-electron chi connectivity index (χ3n) is 2.63. The lowest BCUT2D eigenvalue weighted by atomic mass is 10.3. The van der Waals surface area contributed by atoms with Gasteiger partial charge in [0.1, 0.15) is 6.54 Å². The predicted molar refractivity (Wildman–Crippen MR) is 90.8 cm³/mol. The van der Waals surface area contributed by atoms with Gasteiger partial charge in [-0.2, -0.15) is 0 Å². The lowest BCUT2D eigenvalue weighted by Crippen LogP contribution is -2.44. The smallest absolute Gasteiger partial charge is 0.241 e. The zero-order valence-electron chi connectivity index (χ0n) is 12.2.